The maximum Gasteiger partial charge on any atom is 0.244 e. The lowest BCUT2D eigenvalue weighted by Crippen LogP contribution is -2.39. The van der Waals surface area contributed by atoms with E-state index in [4.69, 9.17) is 0 Å². The van der Waals surface area contributed by atoms with E-state index in [1.165, 1.54) is 30.4 Å². The number of thiophene rings is 1. The zero-order valence-electron chi connectivity index (χ0n) is 12.3. The summed E-state index contributed by atoms with van der Waals surface area (Å²) in [7, 11) is -0.659. The molecule has 0 unspecified atom stereocenters. The van der Waals surface area contributed by atoms with Crippen LogP contribution in [0.2, 0.25) is 0 Å². The summed E-state index contributed by atoms with van der Waals surface area (Å²) in [6, 6.07) is 4.94. The molecular formula is C14H17N3O3S2. The first-order valence-electron chi connectivity index (χ1n) is 6.52. The topological polar surface area (TPSA) is 70.6 Å². The van der Waals surface area contributed by atoms with Gasteiger partial charge in [0.2, 0.25) is 15.9 Å². The van der Waals surface area contributed by atoms with Gasteiger partial charge in [0.15, 0.2) is 0 Å². The SMILES string of the molecule is CN(Cc1ccsc1)C(=O)CN(C)S(=O)(=O)c1cccnc1. The van der Waals surface area contributed by atoms with Gasteiger partial charge in [-0.25, -0.2) is 8.42 Å². The Morgan fingerprint density at radius 3 is 2.68 bits per heavy atom. The first kappa shape index (κ1) is 16.6. The van der Waals surface area contributed by atoms with E-state index in [1.54, 1.807) is 24.5 Å². The molecule has 0 fully saturated rings. The van der Waals surface area contributed by atoms with Crippen molar-refractivity contribution in [1.29, 1.82) is 0 Å². The predicted molar refractivity (Wildman–Crippen MR) is 84.8 cm³/mol. The average Bonchev–Trinajstić information content (AvgIpc) is 3.00. The highest BCUT2D eigenvalue weighted by Crippen LogP contribution is 2.13. The van der Waals surface area contributed by atoms with Crippen molar-refractivity contribution in [2.45, 2.75) is 11.4 Å². The molecule has 0 aliphatic rings. The lowest BCUT2D eigenvalue weighted by molar-refractivity contribution is -0.130. The summed E-state index contributed by atoms with van der Waals surface area (Å²) in [5, 5.41) is 3.90. The quantitative estimate of drug-likeness (QED) is 0.798. The third-order valence-electron chi connectivity index (χ3n) is 3.13. The van der Waals surface area contributed by atoms with Crippen LogP contribution in [0.3, 0.4) is 0 Å². The minimum absolute atomic E-state index is 0.0748. The fourth-order valence-corrected chi connectivity index (χ4v) is 3.57. The minimum atomic E-state index is -3.70. The van der Waals surface area contributed by atoms with Gasteiger partial charge in [0, 0.05) is 33.0 Å². The molecule has 0 bridgehead atoms. The maximum atomic E-state index is 12.3. The lowest BCUT2D eigenvalue weighted by Gasteiger charge is -2.21. The van der Waals surface area contributed by atoms with Gasteiger partial charge in [0.1, 0.15) is 4.90 Å². The number of hydrogen-bond acceptors (Lipinski definition) is 5. The molecule has 0 aromatic carbocycles. The van der Waals surface area contributed by atoms with Crippen LogP contribution in [0.5, 0.6) is 0 Å². The number of aromatic nitrogens is 1. The van der Waals surface area contributed by atoms with Crippen LogP contribution in [0.4, 0.5) is 0 Å². The Bertz CT molecular complexity index is 715. The van der Waals surface area contributed by atoms with Crippen molar-refractivity contribution in [2.75, 3.05) is 20.6 Å². The molecule has 2 heterocycles. The first-order valence-corrected chi connectivity index (χ1v) is 8.91. The van der Waals surface area contributed by atoms with Gasteiger partial charge >= 0.3 is 0 Å². The van der Waals surface area contributed by atoms with Crippen molar-refractivity contribution >= 4 is 27.3 Å². The van der Waals surface area contributed by atoms with Crippen LogP contribution in [-0.4, -0.2) is 49.2 Å². The van der Waals surface area contributed by atoms with Gasteiger partial charge in [-0.2, -0.15) is 15.6 Å². The summed E-state index contributed by atoms with van der Waals surface area (Å²) in [5.74, 6) is -0.263. The molecule has 2 rings (SSSR count). The van der Waals surface area contributed by atoms with E-state index in [0.717, 1.165) is 9.87 Å². The van der Waals surface area contributed by atoms with Gasteiger partial charge in [-0.05, 0) is 34.5 Å². The molecule has 0 aliphatic heterocycles. The smallest absolute Gasteiger partial charge is 0.244 e. The van der Waals surface area contributed by atoms with E-state index in [2.05, 4.69) is 4.98 Å². The highest BCUT2D eigenvalue weighted by Gasteiger charge is 2.24. The molecule has 0 spiro atoms. The number of amides is 1. The third kappa shape index (κ3) is 3.90. The molecule has 8 heteroatoms. The van der Waals surface area contributed by atoms with Gasteiger partial charge in [0.05, 0.1) is 6.54 Å². The molecular weight excluding hydrogens is 322 g/mol. The molecule has 6 nitrogen and oxygen atoms in total. The number of rotatable bonds is 6. The molecule has 0 N–H and O–H groups in total. The van der Waals surface area contributed by atoms with Gasteiger partial charge in [-0.1, -0.05) is 0 Å². The molecule has 0 saturated carbocycles. The number of carbonyl (C=O) groups is 1. The van der Waals surface area contributed by atoms with Crippen LogP contribution >= 0.6 is 11.3 Å². The number of carbonyl (C=O) groups excluding carboxylic acids is 1. The molecule has 0 radical (unpaired) electrons. The second kappa shape index (κ2) is 6.99. The van der Waals surface area contributed by atoms with Crippen LogP contribution in [0, 0.1) is 0 Å². The second-order valence-corrected chi connectivity index (χ2v) is 7.66. The van der Waals surface area contributed by atoms with Crippen LogP contribution in [0.15, 0.2) is 46.2 Å². The van der Waals surface area contributed by atoms with Crippen molar-refractivity contribution in [2.24, 2.45) is 0 Å². The predicted octanol–water partition coefficient (Wildman–Crippen LogP) is 1.42. The van der Waals surface area contributed by atoms with Crippen LogP contribution < -0.4 is 0 Å². The minimum Gasteiger partial charge on any atom is -0.340 e. The van der Waals surface area contributed by atoms with Gasteiger partial charge < -0.3 is 4.90 Å². The summed E-state index contributed by atoms with van der Waals surface area (Å²) in [6.07, 6.45) is 2.77. The Kier molecular flexibility index (Phi) is 5.28. The molecule has 22 heavy (non-hydrogen) atoms. The molecule has 0 aliphatic carbocycles. The summed E-state index contributed by atoms with van der Waals surface area (Å²) in [4.78, 5) is 17.5. The van der Waals surface area contributed by atoms with E-state index >= 15 is 0 Å². The van der Waals surface area contributed by atoms with E-state index in [9.17, 15) is 13.2 Å². The summed E-state index contributed by atoms with van der Waals surface area (Å²) >= 11 is 1.56. The Balaban J connectivity index is 2.01. The number of hydrogen-bond donors (Lipinski definition) is 0. The number of likely N-dealkylation sites (N-methyl/N-ethyl adjacent to an activating group) is 2. The summed E-state index contributed by atoms with van der Waals surface area (Å²) < 4.78 is 25.7. The normalized spacial score (nSPS) is 11.6. The van der Waals surface area contributed by atoms with E-state index < -0.39 is 10.0 Å². The molecule has 0 saturated heterocycles. The largest absolute Gasteiger partial charge is 0.340 e. The fourth-order valence-electron chi connectivity index (χ4n) is 1.82. The average molecular weight is 339 g/mol. The van der Waals surface area contributed by atoms with Crippen LogP contribution in [0.1, 0.15) is 5.56 Å². The molecule has 0 atom stereocenters. The van der Waals surface area contributed by atoms with Gasteiger partial charge in [-0.3, -0.25) is 9.78 Å². The van der Waals surface area contributed by atoms with Crippen molar-refractivity contribution < 1.29 is 13.2 Å². The molecule has 1 amide bonds. The Labute approximate surface area is 134 Å². The lowest BCUT2D eigenvalue weighted by atomic mass is 10.3. The highest BCUT2D eigenvalue weighted by atomic mass is 32.2. The highest BCUT2D eigenvalue weighted by molar-refractivity contribution is 7.89. The fraction of sp³-hybridized carbons (Fsp3) is 0.286. The standard InChI is InChI=1S/C14H17N3O3S2/c1-16(9-12-5-7-21-11-12)14(18)10-17(2)22(19,20)13-4-3-6-15-8-13/h3-8,11H,9-10H2,1-2H3. The number of pyridine rings is 1. The Morgan fingerprint density at radius 1 is 1.32 bits per heavy atom. The molecule has 2 aromatic heterocycles. The maximum absolute atomic E-state index is 12.3. The van der Waals surface area contributed by atoms with Crippen molar-refractivity contribution in [3.8, 4) is 0 Å². The van der Waals surface area contributed by atoms with E-state index in [0.29, 0.717) is 6.54 Å². The molecule has 2 aromatic rings. The van der Waals surface area contributed by atoms with E-state index in [-0.39, 0.29) is 17.3 Å². The van der Waals surface area contributed by atoms with E-state index in [1.807, 2.05) is 16.8 Å². The van der Waals surface area contributed by atoms with Crippen molar-refractivity contribution in [3.05, 3.63) is 46.9 Å². The summed E-state index contributed by atoms with van der Waals surface area (Å²) in [6.45, 7) is 0.251. The van der Waals surface area contributed by atoms with Crippen molar-refractivity contribution in [1.82, 2.24) is 14.2 Å². The second-order valence-electron chi connectivity index (χ2n) is 4.83. The van der Waals surface area contributed by atoms with Crippen LogP contribution in [-0.2, 0) is 21.4 Å². The van der Waals surface area contributed by atoms with Crippen LogP contribution in [0.25, 0.3) is 0 Å². The first-order chi connectivity index (χ1) is 10.4. The summed E-state index contributed by atoms with van der Waals surface area (Å²) in [5.41, 5.74) is 1.03. The zero-order chi connectivity index (χ0) is 16.2. The third-order valence-corrected chi connectivity index (χ3v) is 5.65. The number of sulfonamides is 1. The Morgan fingerprint density at radius 2 is 2.09 bits per heavy atom. The Hall–Kier alpha value is -1.77. The number of nitrogens with zero attached hydrogens (tertiary/aromatic N) is 3. The molecule has 118 valence electrons. The zero-order valence-corrected chi connectivity index (χ0v) is 14.0. The van der Waals surface area contributed by atoms with Gasteiger partial charge in [-0.15, -0.1) is 0 Å². The monoisotopic (exact) mass is 339 g/mol. The van der Waals surface area contributed by atoms with Crippen molar-refractivity contribution in [3.63, 3.8) is 0 Å². The van der Waals surface area contributed by atoms with Gasteiger partial charge in [0.25, 0.3) is 0 Å².